The van der Waals surface area contributed by atoms with Gasteiger partial charge in [-0.25, -0.2) is 0 Å². The van der Waals surface area contributed by atoms with Gasteiger partial charge in [0.15, 0.2) is 0 Å². The zero-order valence-corrected chi connectivity index (χ0v) is 22.3. The molecule has 1 amide bonds. The fourth-order valence-electron chi connectivity index (χ4n) is 5.41. The van der Waals surface area contributed by atoms with E-state index in [2.05, 4.69) is 58.0 Å². The van der Waals surface area contributed by atoms with Crippen molar-refractivity contribution in [3.05, 3.63) is 94.0 Å². The predicted octanol–water partition coefficient (Wildman–Crippen LogP) is 7.08. The lowest BCUT2D eigenvalue weighted by molar-refractivity contribution is -0.129. The molecule has 1 aromatic heterocycles. The molecule has 2 heterocycles. The van der Waals surface area contributed by atoms with Crippen molar-refractivity contribution >= 4 is 40.0 Å². The van der Waals surface area contributed by atoms with Crippen LogP contribution in [0.15, 0.2) is 72.8 Å². The number of likely N-dealkylation sites (N-methyl/N-ethyl adjacent to an activating group) is 1. The number of aromatic nitrogens is 1. The van der Waals surface area contributed by atoms with Crippen LogP contribution >= 0.6 is 23.2 Å². The molecule has 1 fully saturated rings. The second-order valence-electron chi connectivity index (χ2n) is 9.77. The summed E-state index contributed by atoms with van der Waals surface area (Å²) < 4.78 is 2.19. The van der Waals surface area contributed by atoms with Gasteiger partial charge in [-0.05, 0) is 66.7 Å². The molecule has 0 saturated carbocycles. The zero-order valence-electron chi connectivity index (χ0n) is 20.8. The van der Waals surface area contributed by atoms with Gasteiger partial charge in [-0.3, -0.25) is 9.69 Å². The highest BCUT2D eigenvalue weighted by Crippen LogP contribution is 2.39. The number of amides is 1. The van der Waals surface area contributed by atoms with Gasteiger partial charge in [0, 0.05) is 41.6 Å². The Hall–Kier alpha value is -2.79. The minimum Gasteiger partial charge on any atom is -0.347 e. The Labute approximate surface area is 223 Å². The van der Waals surface area contributed by atoms with Gasteiger partial charge in [-0.2, -0.15) is 0 Å². The number of carbonyl (C=O) groups excluding carboxylic acids is 1. The van der Waals surface area contributed by atoms with Crippen LogP contribution in [0.1, 0.15) is 29.9 Å². The molecular formula is C30H31Cl2N3O. The summed E-state index contributed by atoms with van der Waals surface area (Å²) in [6.07, 6.45) is 2.03. The van der Waals surface area contributed by atoms with E-state index in [9.17, 15) is 4.79 Å². The van der Waals surface area contributed by atoms with E-state index in [-0.39, 0.29) is 5.91 Å². The van der Waals surface area contributed by atoms with Crippen molar-refractivity contribution < 1.29 is 4.79 Å². The fourth-order valence-corrected chi connectivity index (χ4v) is 6.11. The van der Waals surface area contributed by atoms with Gasteiger partial charge in [0.1, 0.15) is 6.54 Å². The van der Waals surface area contributed by atoms with Crippen molar-refractivity contribution in [3.8, 4) is 11.3 Å². The Bertz CT molecular complexity index is 1350. The van der Waals surface area contributed by atoms with Gasteiger partial charge >= 0.3 is 0 Å². The summed E-state index contributed by atoms with van der Waals surface area (Å²) in [5.41, 5.74) is 5.72. The molecule has 3 aromatic carbocycles. The van der Waals surface area contributed by atoms with Crippen LogP contribution in [0.2, 0.25) is 10.0 Å². The van der Waals surface area contributed by atoms with Crippen LogP contribution in [0.5, 0.6) is 0 Å². The van der Waals surface area contributed by atoms with Crippen molar-refractivity contribution in [1.29, 1.82) is 0 Å². The highest BCUT2D eigenvalue weighted by Gasteiger charge is 2.27. The lowest BCUT2D eigenvalue weighted by Crippen LogP contribution is -2.32. The lowest BCUT2D eigenvalue weighted by atomic mass is 9.89. The van der Waals surface area contributed by atoms with E-state index in [1.165, 1.54) is 10.9 Å². The summed E-state index contributed by atoms with van der Waals surface area (Å²) in [4.78, 5) is 17.0. The van der Waals surface area contributed by atoms with E-state index in [0.717, 1.165) is 64.9 Å². The smallest absolute Gasteiger partial charge is 0.242 e. The van der Waals surface area contributed by atoms with Crippen LogP contribution in [0.3, 0.4) is 0 Å². The summed E-state index contributed by atoms with van der Waals surface area (Å²) in [5, 5.41) is 2.74. The average Bonchev–Trinajstić information content (AvgIpc) is 3.18. The summed E-state index contributed by atoms with van der Waals surface area (Å²) in [5.74, 6) is 0.451. The molecule has 0 radical (unpaired) electrons. The number of nitrogens with zero attached hydrogens (tertiary/aromatic N) is 3. The second-order valence-corrected chi connectivity index (χ2v) is 10.6. The molecular weight excluding hydrogens is 489 g/mol. The summed E-state index contributed by atoms with van der Waals surface area (Å²) in [6, 6.07) is 24.7. The van der Waals surface area contributed by atoms with Crippen LogP contribution in [0.25, 0.3) is 22.2 Å². The van der Waals surface area contributed by atoms with Crippen LogP contribution in [-0.2, 0) is 17.9 Å². The van der Waals surface area contributed by atoms with Crippen molar-refractivity contribution in [3.63, 3.8) is 0 Å². The minimum absolute atomic E-state index is 0.0805. The molecule has 1 aliphatic heterocycles. The van der Waals surface area contributed by atoms with Gasteiger partial charge in [-0.1, -0.05) is 77.8 Å². The Morgan fingerprint density at radius 2 is 1.53 bits per heavy atom. The number of para-hydroxylation sites is 1. The van der Waals surface area contributed by atoms with Crippen LogP contribution in [0, 0.1) is 0 Å². The molecule has 0 aliphatic carbocycles. The average molecular weight is 521 g/mol. The zero-order chi connectivity index (χ0) is 25.2. The standard InChI is InChI=1S/C30H31Cl2N3O/c1-33(2)28(36)20-35-27-14-7-6-11-23(27)24(30(35)22-9-4-3-5-10-22)19-34-17-15-21(16-18-34)29-25(31)12-8-13-26(29)32/h3-14,21H,15-20H2,1-2H3. The highest BCUT2D eigenvalue weighted by molar-refractivity contribution is 6.36. The first kappa shape index (κ1) is 24.9. The molecule has 1 aliphatic rings. The molecule has 4 aromatic rings. The lowest BCUT2D eigenvalue weighted by Gasteiger charge is -2.33. The maximum Gasteiger partial charge on any atom is 0.242 e. The molecule has 6 heteroatoms. The monoisotopic (exact) mass is 519 g/mol. The first-order valence-corrected chi connectivity index (χ1v) is 13.2. The molecule has 186 valence electrons. The number of rotatable bonds is 6. The predicted molar refractivity (Wildman–Crippen MR) is 150 cm³/mol. The molecule has 0 atom stereocenters. The number of piperidine rings is 1. The number of benzene rings is 3. The Kier molecular flexibility index (Phi) is 7.38. The van der Waals surface area contributed by atoms with E-state index in [4.69, 9.17) is 23.2 Å². The quantitative estimate of drug-likeness (QED) is 0.272. The summed E-state index contributed by atoms with van der Waals surface area (Å²) in [6.45, 7) is 3.08. The van der Waals surface area contributed by atoms with Crippen LogP contribution in [-0.4, -0.2) is 47.5 Å². The van der Waals surface area contributed by atoms with Crippen molar-refractivity contribution in [2.75, 3.05) is 27.2 Å². The van der Waals surface area contributed by atoms with Crippen LogP contribution in [0.4, 0.5) is 0 Å². The number of carbonyl (C=O) groups is 1. The second kappa shape index (κ2) is 10.7. The van der Waals surface area contributed by atoms with Gasteiger partial charge in [-0.15, -0.1) is 0 Å². The van der Waals surface area contributed by atoms with E-state index >= 15 is 0 Å². The Morgan fingerprint density at radius 1 is 0.889 bits per heavy atom. The Morgan fingerprint density at radius 3 is 2.19 bits per heavy atom. The first-order chi connectivity index (χ1) is 17.4. The number of hydrogen-bond acceptors (Lipinski definition) is 2. The summed E-state index contributed by atoms with van der Waals surface area (Å²) >= 11 is 13.0. The molecule has 0 N–H and O–H groups in total. The molecule has 4 nitrogen and oxygen atoms in total. The van der Waals surface area contributed by atoms with Gasteiger partial charge < -0.3 is 9.47 Å². The van der Waals surface area contributed by atoms with E-state index < -0.39 is 0 Å². The fraction of sp³-hybridized carbons (Fsp3) is 0.300. The molecule has 36 heavy (non-hydrogen) atoms. The number of fused-ring (bicyclic) bond motifs is 1. The number of hydrogen-bond donors (Lipinski definition) is 0. The van der Waals surface area contributed by atoms with E-state index in [1.54, 1.807) is 4.90 Å². The normalized spacial score (nSPS) is 14.9. The molecule has 5 rings (SSSR count). The van der Waals surface area contributed by atoms with Crippen molar-refractivity contribution in [2.24, 2.45) is 0 Å². The van der Waals surface area contributed by atoms with Crippen molar-refractivity contribution in [2.45, 2.75) is 31.8 Å². The highest BCUT2D eigenvalue weighted by atomic mass is 35.5. The van der Waals surface area contributed by atoms with Gasteiger partial charge in [0.05, 0.1) is 5.69 Å². The van der Waals surface area contributed by atoms with E-state index in [0.29, 0.717) is 12.5 Å². The molecule has 0 spiro atoms. The topological polar surface area (TPSA) is 28.5 Å². The van der Waals surface area contributed by atoms with Crippen LogP contribution < -0.4 is 0 Å². The summed E-state index contributed by atoms with van der Waals surface area (Å²) in [7, 11) is 3.62. The third-order valence-electron chi connectivity index (χ3n) is 7.29. The SMILES string of the molecule is CN(C)C(=O)Cn1c(-c2ccccc2)c(CN2CCC(c3c(Cl)cccc3Cl)CC2)c2ccccc21. The van der Waals surface area contributed by atoms with Crippen molar-refractivity contribution in [1.82, 2.24) is 14.4 Å². The molecule has 1 saturated heterocycles. The largest absolute Gasteiger partial charge is 0.347 e. The van der Waals surface area contributed by atoms with Gasteiger partial charge in [0.2, 0.25) is 5.91 Å². The number of halogens is 2. The first-order valence-electron chi connectivity index (χ1n) is 12.5. The molecule has 0 bridgehead atoms. The third-order valence-corrected chi connectivity index (χ3v) is 7.95. The van der Waals surface area contributed by atoms with Gasteiger partial charge in [0.25, 0.3) is 0 Å². The van der Waals surface area contributed by atoms with E-state index in [1.807, 2.05) is 38.4 Å². The third kappa shape index (κ3) is 4.90. The Balaban J connectivity index is 1.49. The molecule has 0 unspecified atom stereocenters. The number of likely N-dealkylation sites (tertiary alicyclic amines) is 1. The maximum atomic E-state index is 12.8. The maximum absolute atomic E-state index is 12.8. The minimum atomic E-state index is 0.0805.